The van der Waals surface area contributed by atoms with Crippen LogP contribution in [-0.4, -0.2) is 25.1 Å². The highest BCUT2D eigenvalue weighted by Crippen LogP contribution is 2.33. The number of nitrogens with one attached hydrogen (secondary N) is 1. The molecule has 0 fully saturated rings. The number of oxazole rings is 1. The molecular weight excluding hydrogens is 344 g/mol. The second-order valence-corrected chi connectivity index (χ2v) is 6.05. The number of aromatic nitrogens is 1. The molecular formula is C21H22N2O4. The lowest BCUT2D eigenvalue weighted by Gasteiger charge is -2.08. The first-order valence-electron chi connectivity index (χ1n) is 8.63. The number of hydrogen-bond acceptors (Lipinski definition) is 5. The van der Waals surface area contributed by atoms with E-state index in [1.165, 1.54) is 0 Å². The monoisotopic (exact) mass is 366 g/mol. The molecule has 0 atom stereocenters. The zero-order valence-electron chi connectivity index (χ0n) is 15.6. The van der Waals surface area contributed by atoms with Gasteiger partial charge in [-0.15, -0.1) is 0 Å². The Morgan fingerprint density at radius 1 is 1.15 bits per heavy atom. The van der Waals surface area contributed by atoms with Crippen molar-refractivity contribution in [3.05, 3.63) is 60.1 Å². The third kappa shape index (κ3) is 4.47. The number of anilines is 1. The van der Waals surface area contributed by atoms with Gasteiger partial charge >= 0.3 is 0 Å². The molecule has 0 radical (unpaired) electrons. The molecule has 0 spiro atoms. The van der Waals surface area contributed by atoms with Gasteiger partial charge in [-0.3, -0.25) is 4.79 Å². The lowest BCUT2D eigenvalue weighted by molar-refractivity contribution is -0.116. The molecule has 0 bridgehead atoms. The van der Waals surface area contributed by atoms with E-state index in [4.69, 9.17) is 13.9 Å². The summed E-state index contributed by atoms with van der Waals surface area (Å²) in [5.41, 5.74) is 2.62. The van der Waals surface area contributed by atoms with Crippen LogP contribution in [0.25, 0.3) is 11.3 Å². The van der Waals surface area contributed by atoms with Crippen molar-refractivity contribution in [2.75, 3.05) is 19.5 Å². The van der Waals surface area contributed by atoms with E-state index < -0.39 is 0 Å². The summed E-state index contributed by atoms with van der Waals surface area (Å²) in [7, 11) is 3.19. The predicted molar refractivity (Wildman–Crippen MR) is 103 cm³/mol. The summed E-state index contributed by atoms with van der Waals surface area (Å²) in [5, 5.41) is 2.91. The van der Waals surface area contributed by atoms with E-state index in [-0.39, 0.29) is 12.3 Å². The van der Waals surface area contributed by atoms with E-state index >= 15 is 0 Å². The molecule has 1 heterocycles. The highest BCUT2D eigenvalue weighted by Gasteiger charge is 2.14. The van der Waals surface area contributed by atoms with Crippen LogP contribution in [0.4, 0.5) is 5.69 Å². The van der Waals surface area contributed by atoms with Gasteiger partial charge in [-0.1, -0.05) is 18.2 Å². The fourth-order valence-corrected chi connectivity index (χ4v) is 2.70. The molecule has 6 heteroatoms. The number of rotatable bonds is 7. The molecule has 2 aromatic carbocycles. The molecule has 0 aliphatic rings. The van der Waals surface area contributed by atoms with E-state index in [0.717, 1.165) is 16.8 Å². The maximum Gasteiger partial charge on any atom is 0.224 e. The minimum atomic E-state index is -0.0777. The minimum absolute atomic E-state index is 0.0777. The summed E-state index contributed by atoms with van der Waals surface area (Å²) in [6.07, 6.45) is 2.34. The lowest BCUT2D eigenvalue weighted by atomic mass is 10.1. The van der Waals surface area contributed by atoms with Gasteiger partial charge in [-0.25, -0.2) is 4.98 Å². The summed E-state index contributed by atoms with van der Waals surface area (Å²) >= 11 is 0. The summed E-state index contributed by atoms with van der Waals surface area (Å²) in [6, 6.07) is 13.1. The average Bonchev–Trinajstić information content (AvgIpc) is 3.16. The number of benzene rings is 2. The maximum absolute atomic E-state index is 12.2. The number of aryl methyl sites for hydroxylation is 2. The Hall–Kier alpha value is -3.28. The normalized spacial score (nSPS) is 10.5. The fraction of sp³-hybridized carbons (Fsp3) is 0.238. The smallest absolute Gasteiger partial charge is 0.224 e. The molecule has 0 saturated carbocycles. The zero-order valence-corrected chi connectivity index (χ0v) is 15.6. The Kier molecular flexibility index (Phi) is 5.76. The highest BCUT2D eigenvalue weighted by molar-refractivity contribution is 5.91. The second kappa shape index (κ2) is 8.40. The van der Waals surface area contributed by atoms with Crippen molar-refractivity contribution in [2.24, 2.45) is 0 Å². The first-order valence-corrected chi connectivity index (χ1v) is 8.63. The summed E-state index contributed by atoms with van der Waals surface area (Å²) in [5.74, 6) is 2.34. The molecule has 6 nitrogen and oxygen atoms in total. The van der Waals surface area contributed by atoms with Gasteiger partial charge in [0.2, 0.25) is 5.91 Å². The molecule has 0 unspecified atom stereocenters. The van der Waals surface area contributed by atoms with Crippen molar-refractivity contribution < 1.29 is 18.7 Å². The first-order chi connectivity index (χ1) is 13.1. The summed E-state index contributed by atoms with van der Waals surface area (Å²) in [6.45, 7) is 1.96. The SMILES string of the molecule is COc1ccc(-c2cnc(CCC(=O)Nc3ccccc3C)o2)c(OC)c1. The molecule has 3 rings (SSSR count). The van der Waals surface area contributed by atoms with Gasteiger partial charge in [0.15, 0.2) is 11.7 Å². The molecule has 3 aromatic rings. The van der Waals surface area contributed by atoms with Gasteiger partial charge in [0.1, 0.15) is 11.5 Å². The predicted octanol–water partition coefficient (Wildman–Crippen LogP) is 4.24. The lowest BCUT2D eigenvalue weighted by Crippen LogP contribution is -2.13. The largest absolute Gasteiger partial charge is 0.497 e. The number of methoxy groups -OCH3 is 2. The zero-order chi connectivity index (χ0) is 19.2. The average molecular weight is 366 g/mol. The third-order valence-electron chi connectivity index (χ3n) is 4.21. The van der Waals surface area contributed by atoms with Crippen LogP contribution < -0.4 is 14.8 Å². The number of nitrogens with zero attached hydrogens (tertiary/aromatic N) is 1. The second-order valence-electron chi connectivity index (χ2n) is 6.05. The van der Waals surface area contributed by atoms with Gasteiger partial charge in [0, 0.05) is 24.6 Å². The topological polar surface area (TPSA) is 73.6 Å². The molecule has 140 valence electrons. The Labute approximate surface area is 158 Å². The van der Waals surface area contributed by atoms with E-state index in [2.05, 4.69) is 10.3 Å². The van der Waals surface area contributed by atoms with Crippen molar-refractivity contribution in [3.8, 4) is 22.8 Å². The van der Waals surface area contributed by atoms with Crippen LogP contribution in [0.3, 0.4) is 0 Å². The van der Waals surface area contributed by atoms with Gasteiger partial charge < -0.3 is 19.2 Å². The van der Waals surface area contributed by atoms with E-state index in [1.807, 2.05) is 43.3 Å². The summed E-state index contributed by atoms with van der Waals surface area (Å²) in [4.78, 5) is 16.4. The molecule has 27 heavy (non-hydrogen) atoms. The van der Waals surface area contributed by atoms with Crippen LogP contribution in [0.2, 0.25) is 0 Å². The van der Waals surface area contributed by atoms with Gasteiger partial charge in [0.25, 0.3) is 0 Å². The molecule has 1 N–H and O–H groups in total. The van der Waals surface area contributed by atoms with Gasteiger partial charge in [-0.2, -0.15) is 0 Å². The molecule has 1 amide bonds. The van der Waals surface area contributed by atoms with E-state index in [1.54, 1.807) is 26.5 Å². The van der Waals surface area contributed by atoms with Crippen LogP contribution in [0.1, 0.15) is 17.9 Å². The number of carbonyl (C=O) groups excluding carboxylic acids is 1. The highest BCUT2D eigenvalue weighted by atomic mass is 16.5. The Morgan fingerprint density at radius 3 is 2.70 bits per heavy atom. The molecule has 0 saturated heterocycles. The van der Waals surface area contributed by atoms with Crippen LogP contribution in [0.5, 0.6) is 11.5 Å². The Balaban J connectivity index is 1.65. The quantitative estimate of drug-likeness (QED) is 0.677. The van der Waals surface area contributed by atoms with Crippen molar-refractivity contribution in [1.29, 1.82) is 0 Å². The van der Waals surface area contributed by atoms with Crippen molar-refractivity contribution in [2.45, 2.75) is 19.8 Å². The number of ether oxygens (including phenoxy) is 2. The minimum Gasteiger partial charge on any atom is -0.497 e. The molecule has 0 aliphatic carbocycles. The van der Waals surface area contributed by atoms with Crippen LogP contribution in [0, 0.1) is 6.92 Å². The fourth-order valence-electron chi connectivity index (χ4n) is 2.70. The standard InChI is InChI=1S/C21H22N2O4/c1-14-6-4-5-7-17(14)23-20(24)10-11-21-22-13-19(27-21)16-9-8-15(25-2)12-18(16)26-3/h4-9,12-13H,10-11H2,1-3H3,(H,23,24). The van der Waals surface area contributed by atoms with Crippen LogP contribution in [0.15, 0.2) is 53.1 Å². The first kappa shape index (κ1) is 18.5. The number of amides is 1. The molecule has 0 aliphatic heterocycles. The van der Waals surface area contributed by atoms with Crippen molar-refractivity contribution in [3.63, 3.8) is 0 Å². The number of carbonyl (C=O) groups is 1. The number of para-hydroxylation sites is 1. The van der Waals surface area contributed by atoms with Crippen molar-refractivity contribution in [1.82, 2.24) is 4.98 Å². The van der Waals surface area contributed by atoms with E-state index in [9.17, 15) is 4.79 Å². The van der Waals surface area contributed by atoms with Crippen LogP contribution in [-0.2, 0) is 11.2 Å². The summed E-state index contributed by atoms with van der Waals surface area (Å²) < 4.78 is 16.4. The molecule has 1 aromatic heterocycles. The Bertz CT molecular complexity index is 933. The van der Waals surface area contributed by atoms with Gasteiger partial charge in [-0.05, 0) is 30.7 Å². The van der Waals surface area contributed by atoms with Crippen molar-refractivity contribution >= 4 is 11.6 Å². The Morgan fingerprint density at radius 2 is 1.96 bits per heavy atom. The number of hydrogen-bond donors (Lipinski definition) is 1. The van der Waals surface area contributed by atoms with Crippen LogP contribution >= 0.6 is 0 Å². The maximum atomic E-state index is 12.2. The third-order valence-corrected chi connectivity index (χ3v) is 4.21. The van der Waals surface area contributed by atoms with Gasteiger partial charge in [0.05, 0.1) is 26.0 Å². The van der Waals surface area contributed by atoms with E-state index in [0.29, 0.717) is 29.6 Å².